The molecule has 1 N–H and O–H groups in total. The summed E-state index contributed by atoms with van der Waals surface area (Å²) in [7, 11) is 1.88. The number of anilines is 1. The van der Waals surface area contributed by atoms with E-state index in [1.54, 1.807) is 24.3 Å². The number of rotatable bonds is 8. The smallest absolute Gasteiger partial charge is 0.241 e. The number of carbonyl (C=O) groups excluding carboxylic acids is 2. The fourth-order valence-corrected chi connectivity index (χ4v) is 2.28. The van der Waals surface area contributed by atoms with Crippen LogP contribution in [0.15, 0.2) is 54.6 Å². The van der Waals surface area contributed by atoms with Gasteiger partial charge in [-0.1, -0.05) is 30.3 Å². The number of ketones is 1. The first-order valence-electron chi connectivity index (χ1n) is 8.27. The SMILES string of the molecule is CC(=O)c1cccc(NC(=O)[C@@H](C)N(C)CCOc2ccccc2)c1. The van der Waals surface area contributed by atoms with E-state index in [0.29, 0.717) is 24.4 Å². The van der Waals surface area contributed by atoms with Gasteiger partial charge in [-0.3, -0.25) is 14.5 Å². The van der Waals surface area contributed by atoms with Crippen LogP contribution < -0.4 is 10.1 Å². The maximum atomic E-state index is 12.4. The Morgan fingerprint density at radius 3 is 2.52 bits per heavy atom. The lowest BCUT2D eigenvalue weighted by Crippen LogP contribution is -2.41. The fourth-order valence-electron chi connectivity index (χ4n) is 2.28. The van der Waals surface area contributed by atoms with Crippen molar-refractivity contribution in [2.45, 2.75) is 19.9 Å². The number of ether oxygens (including phenoxy) is 1. The monoisotopic (exact) mass is 340 g/mol. The topological polar surface area (TPSA) is 58.6 Å². The maximum absolute atomic E-state index is 12.4. The molecule has 0 bridgehead atoms. The van der Waals surface area contributed by atoms with Gasteiger partial charge in [-0.2, -0.15) is 0 Å². The van der Waals surface area contributed by atoms with E-state index in [0.717, 1.165) is 5.75 Å². The Hall–Kier alpha value is -2.66. The lowest BCUT2D eigenvalue weighted by atomic mass is 10.1. The Kier molecular flexibility index (Phi) is 6.71. The average Bonchev–Trinajstić information content (AvgIpc) is 2.62. The second-order valence-corrected chi connectivity index (χ2v) is 5.94. The van der Waals surface area contributed by atoms with E-state index in [4.69, 9.17) is 4.74 Å². The summed E-state index contributed by atoms with van der Waals surface area (Å²) in [5.74, 6) is 0.663. The zero-order valence-corrected chi connectivity index (χ0v) is 14.9. The third-order valence-corrected chi connectivity index (χ3v) is 4.03. The molecule has 0 aliphatic heterocycles. The highest BCUT2D eigenvalue weighted by atomic mass is 16.5. The molecule has 0 aliphatic rings. The number of hydrogen-bond acceptors (Lipinski definition) is 4. The van der Waals surface area contributed by atoms with E-state index in [1.165, 1.54) is 6.92 Å². The number of para-hydroxylation sites is 1. The minimum atomic E-state index is -0.319. The van der Waals surface area contributed by atoms with E-state index in [9.17, 15) is 9.59 Å². The highest BCUT2D eigenvalue weighted by Gasteiger charge is 2.18. The van der Waals surface area contributed by atoms with E-state index in [1.807, 2.05) is 49.2 Å². The molecule has 0 aromatic heterocycles. The largest absolute Gasteiger partial charge is 0.492 e. The van der Waals surface area contributed by atoms with Gasteiger partial charge in [0.1, 0.15) is 12.4 Å². The van der Waals surface area contributed by atoms with Crippen LogP contribution in [0.4, 0.5) is 5.69 Å². The molecule has 0 heterocycles. The van der Waals surface area contributed by atoms with E-state index in [2.05, 4.69) is 5.32 Å². The van der Waals surface area contributed by atoms with Gasteiger partial charge in [0.05, 0.1) is 6.04 Å². The molecular weight excluding hydrogens is 316 g/mol. The molecule has 5 heteroatoms. The zero-order valence-electron chi connectivity index (χ0n) is 14.9. The van der Waals surface area contributed by atoms with Crippen molar-refractivity contribution in [2.24, 2.45) is 0 Å². The van der Waals surface area contributed by atoms with Gasteiger partial charge in [0.15, 0.2) is 5.78 Å². The molecule has 25 heavy (non-hydrogen) atoms. The number of carbonyl (C=O) groups is 2. The van der Waals surface area contributed by atoms with Gasteiger partial charge in [0.2, 0.25) is 5.91 Å². The van der Waals surface area contributed by atoms with E-state index < -0.39 is 0 Å². The van der Waals surface area contributed by atoms with Crippen molar-refractivity contribution in [3.05, 3.63) is 60.2 Å². The van der Waals surface area contributed by atoms with Crippen LogP contribution in [0, 0.1) is 0 Å². The first-order chi connectivity index (χ1) is 12.0. The van der Waals surface area contributed by atoms with Gasteiger partial charge >= 0.3 is 0 Å². The second kappa shape index (κ2) is 8.99. The van der Waals surface area contributed by atoms with Gasteiger partial charge < -0.3 is 10.1 Å². The van der Waals surface area contributed by atoms with Gasteiger partial charge in [-0.25, -0.2) is 0 Å². The standard InChI is InChI=1S/C20H24N2O3/c1-15(22(3)12-13-25-19-10-5-4-6-11-19)20(24)21-18-9-7-8-17(14-18)16(2)23/h4-11,14-15H,12-13H2,1-3H3,(H,21,24)/t15-/m1/s1. The number of likely N-dealkylation sites (N-methyl/N-ethyl adjacent to an activating group) is 1. The third kappa shape index (κ3) is 5.72. The Morgan fingerprint density at radius 1 is 1.12 bits per heavy atom. The van der Waals surface area contributed by atoms with E-state index >= 15 is 0 Å². The zero-order chi connectivity index (χ0) is 18.2. The molecule has 2 aromatic rings. The summed E-state index contributed by atoms with van der Waals surface area (Å²) < 4.78 is 5.66. The van der Waals surface area contributed by atoms with Crippen LogP contribution in [0.3, 0.4) is 0 Å². The molecule has 0 unspecified atom stereocenters. The molecule has 2 rings (SSSR count). The molecule has 1 amide bonds. The minimum absolute atomic E-state index is 0.0284. The molecule has 0 fully saturated rings. The van der Waals surface area contributed by atoms with Crippen LogP contribution in [-0.4, -0.2) is 42.8 Å². The Labute approximate surface area is 148 Å². The van der Waals surface area contributed by atoms with Crippen molar-refractivity contribution in [2.75, 3.05) is 25.5 Å². The first kappa shape index (κ1) is 18.7. The summed E-state index contributed by atoms with van der Waals surface area (Å²) >= 11 is 0. The van der Waals surface area contributed by atoms with Gasteiger partial charge in [0, 0.05) is 17.8 Å². The van der Waals surface area contributed by atoms with Crippen molar-refractivity contribution in [1.29, 1.82) is 0 Å². The fraction of sp³-hybridized carbons (Fsp3) is 0.300. The van der Waals surface area contributed by atoms with Crippen LogP contribution in [0.2, 0.25) is 0 Å². The van der Waals surface area contributed by atoms with Crippen molar-refractivity contribution in [3.63, 3.8) is 0 Å². The van der Waals surface area contributed by atoms with Crippen molar-refractivity contribution in [3.8, 4) is 5.75 Å². The molecule has 0 spiro atoms. The second-order valence-electron chi connectivity index (χ2n) is 5.94. The quantitative estimate of drug-likeness (QED) is 0.750. The number of amides is 1. The highest BCUT2D eigenvalue weighted by molar-refractivity contribution is 5.98. The predicted molar refractivity (Wildman–Crippen MR) is 99.1 cm³/mol. The van der Waals surface area contributed by atoms with Crippen molar-refractivity contribution >= 4 is 17.4 Å². The molecule has 0 aliphatic carbocycles. The van der Waals surface area contributed by atoms with Crippen LogP contribution in [0.1, 0.15) is 24.2 Å². The normalized spacial score (nSPS) is 11.8. The van der Waals surface area contributed by atoms with Crippen LogP contribution in [-0.2, 0) is 4.79 Å². The van der Waals surface area contributed by atoms with E-state index in [-0.39, 0.29) is 17.7 Å². The molecule has 0 radical (unpaired) electrons. The lowest BCUT2D eigenvalue weighted by Gasteiger charge is -2.24. The van der Waals surface area contributed by atoms with Crippen LogP contribution in [0.25, 0.3) is 0 Å². The predicted octanol–water partition coefficient (Wildman–Crippen LogP) is 3.23. The number of benzene rings is 2. The van der Waals surface area contributed by atoms with Crippen molar-refractivity contribution in [1.82, 2.24) is 4.90 Å². The molecule has 0 saturated heterocycles. The molecule has 1 atom stereocenters. The Balaban J connectivity index is 1.84. The van der Waals surface area contributed by atoms with Crippen LogP contribution >= 0.6 is 0 Å². The molecular formula is C20H24N2O3. The summed E-state index contributed by atoms with van der Waals surface area (Å²) in [6, 6.07) is 16.2. The molecule has 2 aromatic carbocycles. The number of nitrogens with zero attached hydrogens (tertiary/aromatic N) is 1. The Morgan fingerprint density at radius 2 is 1.84 bits per heavy atom. The maximum Gasteiger partial charge on any atom is 0.241 e. The van der Waals surface area contributed by atoms with Gasteiger partial charge in [0.25, 0.3) is 0 Å². The van der Waals surface area contributed by atoms with Crippen LogP contribution in [0.5, 0.6) is 5.75 Å². The Bertz CT molecular complexity index is 716. The first-order valence-corrected chi connectivity index (χ1v) is 8.27. The average molecular weight is 340 g/mol. The number of Topliss-reactive ketones (excluding diaryl/α,β-unsaturated/α-hetero) is 1. The molecule has 132 valence electrons. The number of nitrogens with one attached hydrogen (secondary N) is 1. The third-order valence-electron chi connectivity index (χ3n) is 4.03. The van der Waals surface area contributed by atoms with Crippen molar-refractivity contribution < 1.29 is 14.3 Å². The molecule has 0 saturated carbocycles. The van der Waals surface area contributed by atoms with Gasteiger partial charge in [-0.15, -0.1) is 0 Å². The summed E-state index contributed by atoms with van der Waals surface area (Å²) in [6.07, 6.45) is 0. The minimum Gasteiger partial charge on any atom is -0.492 e. The summed E-state index contributed by atoms with van der Waals surface area (Å²) in [5.41, 5.74) is 1.20. The molecule has 5 nitrogen and oxygen atoms in total. The number of hydrogen-bond donors (Lipinski definition) is 1. The summed E-state index contributed by atoms with van der Waals surface area (Å²) in [4.78, 5) is 25.7. The summed E-state index contributed by atoms with van der Waals surface area (Å²) in [5, 5.41) is 2.85. The van der Waals surface area contributed by atoms with Gasteiger partial charge in [-0.05, 0) is 45.2 Å². The lowest BCUT2D eigenvalue weighted by molar-refractivity contribution is -0.120. The highest BCUT2D eigenvalue weighted by Crippen LogP contribution is 2.12. The summed E-state index contributed by atoms with van der Waals surface area (Å²) in [6.45, 7) is 4.46.